The molecule has 0 aromatic rings. The first-order valence-electron chi connectivity index (χ1n) is 9.01. The van der Waals surface area contributed by atoms with Gasteiger partial charge in [-0.25, -0.2) is 4.79 Å². The third-order valence-corrected chi connectivity index (χ3v) is 4.73. The highest BCUT2D eigenvalue weighted by Crippen LogP contribution is 2.29. The normalized spacial score (nSPS) is 20.8. The Morgan fingerprint density at radius 2 is 1.96 bits per heavy atom. The van der Waals surface area contributed by atoms with Crippen molar-refractivity contribution in [2.24, 2.45) is 5.92 Å². The Morgan fingerprint density at radius 3 is 2.54 bits per heavy atom. The van der Waals surface area contributed by atoms with Crippen LogP contribution in [0.1, 0.15) is 46.5 Å². The van der Waals surface area contributed by atoms with Gasteiger partial charge in [0.15, 0.2) is 0 Å². The van der Waals surface area contributed by atoms with Gasteiger partial charge in [-0.05, 0) is 25.2 Å². The van der Waals surface area contributed by atoms with Crippen molar-refractivity contribution >= 4 is 17.8 Å². The molecule has 2 fully saturated rings. The van der Waals surface area contributed by atoms with Crippen molar-refractivity contribution in [1.29, 1.82) is 0 Å². The lowest BCUT2D eigenvalue weighted by molar-refractivity contribution is -0.136. The molecule has 7 heteroatoms. The Hall–Kier alpha value is -1.63. The summed E-state index contributed by atoms with van der Waals surface area (Å²) in [6.07, 6.45) is 3.09. The van der Waals surface area contributed by atoms with Gasteiger partial charge in [-0.1, -0.05) is 27.2 Å². The third kappa shape index (κ3) is 4.26. The van der Waals surface area contributed by atoms with Crippen LogP contribution < -0.4 is 10.6 Å². The van der Waals surface area contributed by atoms with Gasteiger partial charge in [-0.3, -0.25) is 14.5 Å². The Morgan fingerprint density at radius 1 is 1.29 bits per heavy atom. The highest BCUT2D eigenvalue weighted by Gasteiger charge is 2.52. The number of hydrogen-bond acceptors (Lipinski definition) is 4. The van der Waals surface area contributed by atoms with Crippen LogP contribution in [0.2, 0.25) is 0 Å². The number of nitrogens with one attached hydrogen (secondary N) is 2. The molecule has 2 saturated heterocycles. The van der Waals surface area contributed by atoms with Crippen molar-refractivity contribution in [2.75, 3.05) is 32.7 Å². The number of hydrogen-bond donors (Lipinski definition) is 2. The molecule has 136 valence electrons. The first-order chi connectivity index (χ1) is 11.4. The van der Waals surface area contributed by atoms with E-state index in [1.807, 2.05) is 6.92 Å². The summed E-state index contributed by atoms with van der Waals surface area (Å²) in [5, 5.41) is 5.60. The minimum absolute atomic E-state index is 0.189. The van der Waals surface area contributed by atoms with E-state index in [1.165, 1.54) is 0 Å². The lowest BCUT2D eigenvalue weighted by atomic mass is 9.87. The monoisotopic (exact) mass is 338 g/mol. The summed E-state index contributed by atoms with van der Waals surface area (Å²) in [4.78, 5) is 40.2. The number of rotatable bonds is 7. The van der Waals surface area contributed by atoms with Gasteiger partial charge in [-0.15, -0.1) is 0 Å². The molecular weight excluding hydrogens is 308 g/mol. The van der Waals surface area contributed by atoms with Gasteiger partial charge in [-0.2, -0.15) is 0 Å². The summed E-state index contributed by atoms with van der Waals surface area (Å²) in [6.45, 7) is 9.36. The molecule has 7 nitrogen and oxygen atoms in total. The van der Waals surface area contributed by atoms with E-state index in [2.05, 4.69) is 29.4 Å². The summed E-state index contributed by atoms with van der Waals surface area (Å²) in [6, 6.07) is -0.442. The summed E-state index contributed by atoms with van der Waals surface area (Å²) in [5.74, 6) is 0.0554. The van der Waals surface area contributed by atoms with Crippen molar-refractivity contribution in [1.82, 2.24) is 20.4 Å². The number of imide groups is 1. The molecule has 0 bridgehead atoms. The van der Waals surface area contributed by atoms with Gasteiger partial charge in [0.1, 0.15) is 12.1 Å². The second-order valence-electron chi connectivity index (χ2n) is 7.30. The number of likely N-dealkylation sites (tertiary alicyclic amines) is 1. The zero-order valence-corrected chi connectivity index (χ0v) is 15.1. The Balaban J connectivity index is 1.90. The van der Waals surface area contributed by atoms with Gasteiger partial charge < -0.3 is 15.5 Å². The van der Waals surface area contributed by atoms with Gasteiger partial charge in [0.2, 0.25) is 5.91 Å². The van der Waals surface area contributed by atoms with E-state index in [9.17, 15) is 14.4 Å². The predicted molar refractivity (Wildman–Crippen MR) is 91.4 cm³/mol. The number of piperidine rings is 1. The second-order valence-corrected chi connectivity index (χ2v) is 7.30. The van der Waals surface area contributed by atoms with Crippen molar-refractivity contribution in [3.63, 3.8) is 0 Å². The molecular formula is C17H30N4O3. The smallest absolute Gasteiger partial charge is 0.325 e. The molecule has 0 unspecified atom stereocenters. The number of carbonyl (C=O) groups is 3. The van der Waals surface area contributed by atoms with E-state index in [1.54, 1.807) is 0 Å². The molecule has 2 N–H and O–H groups in total. The molecule has 0 aromatic carbocycles. The van der Waals surface area contributed by atoms with Crippen LogP contribution in [0.25, 0.3) is 0 Å². The van der Waals surface area contributed by atoms with Crippen LogP contribution in [-0.2, 0) is 9.59 Å². The fraction of sp³-hybridized carbons (Fsp3) is 0.824. The average Bonchev–Trinajstić information content (AvgIpc) is 2.74. The van der Waals surface area contributed by atoms with Crippen LogP contribution in [0, 0.1) is 5.92 Å². The molecule has 2 rings (SSSR count). The topological polar surface area (TPSA) is 81.8 Å². The first kappa shape index (κ1) is 18.7. The van der Waals surface area contributed by atoms with Gasteiger partial charge in [0.25, 0.3) is 5.91 Å². The van der Waals surface area contributed by atoms with Crippen LogP contribution in [0.15, 0.2) is 0 Å². The molecule has 0 radical (unpaired) electrons. The minimum Gasteiger partial charge on any atom is -0.355 e. The molecule has 4 amide bonds. The second kappa shape index (κ2) is 7.96. The molecule has 0 aromatic heterocycles. The van der Waals surface area contributed by atoms with E-state index < -0.39 is 11.6 Å². The van der Waals surface area contributed by atoms with Crippen LogP contribution in [0.4, 0.5) is 4.79 Å². The van der Waals surface area contributed by atoms with Crippen molar-refractivity contribution in [3.05, 3.63) is 0 Å². The quantitative estimate of drug-likeness (QED) is 0.535. The molecule has 0 saturated carbocycles. The molecule has 2 aliphatic heterocycles. The van der Waals surface area contributed by atoms with Gasteiger partial charge in [0.05, 0.1) is 0 Å². The lowest BCUT2D eigenvalue weighted by Gasteiger charge is -2.37. The Bertz CT molecular complexity index is 484. The Labute approximate surface area is 144 Å². The largest absolute Gasteiger partial charge is 0.355 e. The summed E-state index contributed by atoms with van der Waals surface area (Å²) < 4.78 is 0. The van der Waals surface area contributed by atoms with E-state index >= 15 is 0 Å². The summed E-state index contributed by atoms with van der Waals surface area (Å²) in [5.41, 5.74) is -0.811. The number of nitrogens with zero attached hydrogens (tertiary/aromatic N) is 2. The molecule has 24 heavy (non-hydrogen) atoms. The highest BCUT2D eigenvalue weighted by molar-refractivity contribution is 6.09. The Kier molecular flexibility index (Phi) is 6.21. The van der Waals surface area contributed by atoms with Crippen LogP contribution >= 0.6 is 0 Å². The molecule has 0 atom stereocenters. The van der Waals surface area contributed by atoms with Gasteiger partial charge >= 0.3 is 6.03 Å². The van der Waals surface area contributed by atoms with E-state index in [4.69, 9.17) is 0 Å². The number of amides is 4. The standard InChI is InChI=1S/C17H30N4O3/c1-4-5-8-18-14(22)12-21-15(23)17(19-16(21)24)6-9-20(10-7-17)11-13(2)3/h13H,4-12H2,1-3H3,(H,18,22)(H,19,24). The molecule has 2 heterocycles. The van der Waals surface area contributed by atoms with Crippen molar-refractivity contribution < 1.29 is 14.4 Å². The van der Waals surface area contributed by atoms with Crippen LogP contribution in [0.5, 0.6) is 0 Å². The zero-order chi connectivity index (χ0) is 17.7. The number of carbonyl (C=O) groups excluding carboxylic acids is 3. The fourth-order valence-electron chi connectivity index (χ4n) is 3.40. The average molecular weight is 338 g/mol. The summed E-state index contributed by atoms with van der Waals surface area (Å²) in [7, 11) is 0. The van der Waals surface area contributed by atoms with Crippen molar-refractivity contribution in [3.8, 4) is 0 Å². The maximum absolute atomic E-state index is 12.7. The fourth-order valence-corrected chi connectivity index (χ4v) is 3.40. The van der Waals surface area contributed by atoms with Gasteiger partial charge in [0, 0.05) is 26.2 Å². The molecule has 0 aliphatic carbocycles. The third-order valence-electron chi connectivity index (χ3n) is 4.73. The molecule has 2 aliphatic rings. The van der Waals surface area contributed by atoms with Crippen molar-refractivity contribution in [2.45, 2.75) is 52.0 Å². The highest BCUT2D eigenvalue weighted by atomic mass is 16.2. The van der Waals surface area contributed by atoms with E-state index in [0.29, 0.717) is 25.3 Å². The van der Waals surface area contributed by atoms with E-state index in [0.717, 1.165) is 37.4 Å². The lowest BCUT2D eigenvalue weighted by Crippen LogP contribution is -2.55. The number of urea groups is 1. The van der Waals surface area contributed by atoms with E-state index in [-0.39, 0.29) is 18.4 Å². The maximum atomic E-state index is 12.7. The first-order valence-corrected chi connectivity index (χ1v) is 9.01. The summed E-state index contributed by atoms with van der Waals surface area (Å²) >= 11 is 0. The number of unbranched alkanes of at least 4 members (excludes halogenated alkanes) is 1. The van der Waals surface area contributed by atoms with Crippen LogP contribution in [0.3, 0.4) is 0 Å². The SMILES string of the molecule is CCCCNC(=O)CN1C(=O)NC2(CCN(CC(C)C)CC2)C1=O. The van der Waals surface area contributed by atoms with Crippen LogP contribution in [-0.4, -0.2) is 65.9 Å². The maximum Gasteiger partial charge on any atom is 0.325 e. The zero-order valence-electron chi connectivity index (χ0n) is 15.1. The minimum atomic E-state index is -0.811. The molecule has 1 spiro atoms. The predicted octanol–water partition coefficient (Wildman–Crippen LogP) is 0.945.